The monoisotopic (exact) mass is 247 g/mol. The quantitative estimate of drug-likeness (QED) is 0.401. The third-order valence-corrected chi connectivity index (χ3v) is 2.62. The van der Waals surface area contributed by atoms with Gasteiger partial charge in [-0.3, -0.25) is 10.1 Å². The first-order valence-electron chi connectivity index (χ1n) is 4.90. The van der Waals surface area contributed by atoms with Crippen LogP contribution in [0.1, 0.15) is 0 Å². The lowest BCUT2D eigenvalue weighted by Crippen LogP contribution is -1.97. The lowest BCUT2D eigenvalue weighted by atomic mass is 10.1. The molecule has 0 saturated heterocycles. The van der Waals surface area contributed by atoms with E-state index in [1.165, 1.54) is 18.4 Å². The van der Waals surface area contributed by atoms with Gasteiger partial charge in [0.25, 0.3) is 5.69 Å². The lowest BCUT2D eigenvalue weighted by Gasteiger charge is -2.01. The second-order valence-corrected chi connectivity index (χ2v) is 3.61. The molecule has 0 saturated carbocycles. The molecule has 0 bridgehead atoms. The zero-order valence-corrected chi connectivity index (χ0v) is 8.75. The number of hydrogen-bond acceptors (Lipinski definition) is 6. The molecule has 0 radical (unpaired) electrons. The van der Waals surface area contributed by atoms with E-state index >= 15 is 0 Å². The van der Waals surface area contributed by atoms with Crippen molar-refractivity contribution in [2.45, 2.75) is 0 Å². The van der Waals surface area contributed by atoms with E-state index in [2.05, 4.69) is 0 Å². The van der Waals surface area contributed by atoms with Crippen LogP contribution in [0.5, 0.6) is 5.75 Å². The van der Waals surface area contributed by atoms with Crippen LogP contribution in [0, 0.1) is 10.1 Å². The average molecular weight is 247 g/mol. The van der Waals surface area contributed by atoms with Gasteiger partial charge in [0, 0.05) is 6.07 Å². The summed E-state index contributed by atoms with van der Waals surface area (Å²) in [5, 5.41) is 21.2. The molecule has 0 unspecified atom stereocenters. The van der Waals surface area contributed by atoms with Gasteiger partial charge in [-0.25, -0.2) is 4.79 Å². The van der Waals surface area contributed by atoms with E-state index in [1.54, 1.807) is 0 Å². The van der Waals surface area contributed by atoms with Crippen LogP contribution in [0.3, 0.4) is 0 Å². The Hall–Kier alpha value is -2.83. The molecule has 1 aromatic carbocycles. The van der Waals surface area contributed by atoms with Gasteiger partial charge in [0.1, 0.15) is 10.8 Å². The Kier molecular flexibility index (Phi) is 1.91. The van der Waals surface area contributed by atoms with Crippen LogP contribution in [0.25, 0.3) is 21.9 Å². The maximum Gasteiger partial charge on any atom is 0.336 e. The molecule has 0 atom stereocenters. The topological polar surface area (TPSA) is 107 Å². The Morgan fingerprint density at radius 2 is 1.89 bits per heavy atom. The van der Waals surface area contributed by atoms with Crippen molar-refractivity contribution in [2.24, 2.45) is 0 Å². The Labute approximate surface area is 98.0 Å². The lowest BCUT2D eigenvalue weighted by molar-refractivity contribution is -0.381. The Balaban J connectivity index is 2.69. The Morgan fingerprint density at radius 3 is 2.61 bits per heavy atom. The van der Waals surface area contributed by atoms with E-state index < -0.39 is 16.3 Å². The molecule has 2 aromatic heterocycles. The first-order chi connectivity index (χ1) is 8.59. The van der Waals surface area contributed by atoms with Crippen LogP contribution in [-0.2, 0) is 0 Å². The van der Waals surface area contributed by atoms with Gasteiger partial charge < -0.3 is 13.9 Å². The number of phenolic OH excluding ortho intramolecular Hbond substituents is 1. The predicted molar refractivity (Wildman–Crippen MR) is 60.6 cm³/mol. The highest BCUT2D eigenvalue weighted by Crippen LogP contribution is 2.41. The van der Waals surface area contributed by atoms with E-state index in [0.717, 1.165) is 6.07 Å². The molecule has 7 heteroatoms. The average Bonchev–Trinajstić information content (AvgIpc) is 2.79. The summed E-state index contributed by atoms with van der Waals surface area (Å²) in [7, 11) is 0. The molecule has 0 amide bonds. The molecule has 0 fully saturated rings. The van der Waals surface area contributed by atoms with Crippen molar-refractivity contribution in [1.82, 2.24) is 0 Å². The smallest absolute Gasteiger partial charge is 0.336 e. The standard InChI is InChI=1S/C11H5NO6/c13-7-2-1-5-8(12(15)16)6-3-4-17-10(6)9(14)11(5)18-7/h1-4,14H. The minimum Gasteiger partial charge on any atom is -0.502 e. The molecule has 0 aliphatic heterocycles. The number of furan rings is 1. The second-order valence-electron chi connectivity index (χ2n) is 3.61. The summed E-state index contributed by atoms with van der Waals surface area (Å²) in [4.78, 5) is 21.6. The van der Waals surface area contributed by atoms with Crippen LogP contribution in [-0.4, -0.2) is 10.0 Å². The van der Waals surface area contributed by atoms with E-state index in [4.69, 9.17) is 8.83 Å². The highest BCUT2D eigenvalue weighted by Gasteiger charge is 2.25. The molecule has 1 N–H and O–H groups in total. The van der Waals surface area contributed by atoms with E-state index in [1.807, 2.05) is 0 Å². The maximum atomic E-state index is 11.1. The summed E-state index contributed by atoms with van der Waals surface area (Å²) < 4.78 is 9.76. The molecular formula is C11H5NO6. The zero-order chi connectivity index (χ0) is 12.9. The van der Waals surface area contributed by atoms with Crippen molar-refractivity contribution in [3.8, 4) is 5.75 Å². The van der Waals surface area contributed by atoms with Crippen LogP contribution in [0.2, 0.25) is 0 Å². The predicted octanol–water partition coefficient (Wildman–Crippen LogP) is 2.15. The molecule has 90 valence electrons. The van der Waals surface area contributed by atoms with Crippen molar-refractivity contribution < 1.29 is 18.9 Å². The molecule has 2 heterocycles. The number of benzene rings is 1. The third kappa shape index (κ3) is 1.21. The number of aromatic hydroxyl groups is 1. The molecular weight excluding hydrogens is 242 g/mol. The summed E-state index contributed by atoms with van der Waals surface area (Å²) in [6.07, 6.45) is 1.22. The van der Waals surface area contributed by atoms with Crippen molar-refractivity contribution in [2.75, 3.05) is 0 Å². The fourth-order valence-electron chi connectivity index (χ4n) is 1.90. The number of nitro benzene ring substituents is 1. The van der Waals surface area contributed by atoms with Gasteiger partial charge in [-0.05, 0) is 12.1 Å². The number of hydrogen-bond donors (Lipinski definition) is 1. The highest BCUT2D eigenvalue weighted by molar-refractivity contribution is 6.08. The van der Waals surface area contributed by atoms with Gasteiger partial charge in [-0.2, -0.15) is 0 Å². The van der Waals surface area contributed by atoms with Crippen molar-refractivity contribution in [1.29, 1.82) is 0 Å². The molecule has 0 spiro atoms. The fraction of sp³-hybridized carbons (Fsp3) is 0. The fourth-order valence-corrected chi connectivity index (χ4v) is 1.90. The molecule has 0 aliphatic rings. The van der Waals surface area contributed by atoms with Gasteiger partial charge in [0.2, 0.25) is 5.75 Å². The SMILES string of the molecule is O=c1ccc2c([N+](=O)[O-])c3ccoc3c(O)c2o1. The summed E-state index contributed by atoms with van der Waals surface area (Å²) in [5.74, 6) is -0.423. The maximum absolute atomic E-state index is 11.1. The van der Waals surface area contributed by atoms with Crippen LogP contribution in [0.4, 0.5) is 5.69 Å². The second kappa shape index (κ2) is 3.33. The van der Waals surface area contributed by atoms with E-state index in [9.17, 15) is 20.0 Å². The Bertz CT molecular complexity index is 844. The van der Waals surface area contributed by atoms with Gasteiger partial charge in [-0.1, -0.05) is 0 Å². The summed E-state index contributed by atoms with van der Waals surface area (Å²) in [5.41, 5.74) is -1.31. The van der Waals surface area contributed by atoms with Crippen molar-refractivity contribution >= 4 is 27.6 Å². The number of nitrogens with zero attached hydrogens (tertiary/aromatic N) is 1. The number of fused-ring (bicyclic) bond motifs is 2. The number of phenols is 1. The normalized spacial score (nSPS) is 11.1. The molecule has 18 heavy (non-hydrogen) atoms. The third-order valence-electron chi connectivity index (χ3n) is 2.62. The zero-order valence-electron chi connectivity index (χ0n) is 8.75. The summed E-state index contributed by atoms with van der Waals surface area (Å²) >= 11 is 0. The van der Waals surface area contributed by atoms with E-state index in [-0.39, 0.29) is 27.6 Å². The van der Waals surface area contributed by atoms with Crippen LogP contribution < -0.4 is 5.63 Å². The van der Waals surface area contributed by atoms with Crippen molar-refractivity contribution in [3.63, 3.8) is 0 Å². The molecule has 7 nitrogen and oxygen atoms in total. The summed E-state index contributed by atoms with van der Waals surface area (Å²) in [6.45, 7) is 0. The first kappa shape index (κ1) is 10.3. The van der Waals surface area contributed by atoms with Gasteiger partial charge in [0.05, 0.1) is 11.2 Å². The molecule has 3 aromatic rings. The Morgan fingerprint density at radius 1 is 1.17 bits per heavy atom. The number of nitro groups is 1. The molecule has 3 rings (SSSR count). The van der Waals surface area contributed by atoms with Gasteiger partial charge >= 0.3 is 5.63 Å². The largest absolute Gasteiger partial charge is 0.502 e. The first-order valence-corrected chi connectivity index (χ1v) is 4.90. The van der Waals surface area contributed by atoms with Crippen LogP contribution >= 0.6 is 0 Å². The summed E-state index contributed by atoms with van der Waals surface area (Å²) in [6, 6.07) is 3.67. The molecule has 0 aliphatic carbocycles. The highest BCUT2D eigenvalue weighted by atomic mass is 16.6. The minimum atomic E-state index is -0.710. The minimum absolute atomic E-state index is 0.0472. The van der Waals surface area contributed by atoms with E-state index in [0.29, 0.717) is 0 Å². The van der Waals surface area contributed by atoms with Crippen molar-refractivity contribution in [3.05, 3.63) is 45.0 Å². The number of non-ortho nitro benzene ring substituents is 1. The van der Waals surface area contributed by atoms with Gasteiger partial charge in [0.15, 0.2) is 11.2 Å². The van der Waals surface area contributed by atoms with Gasteiger partial charge in [-0.15, -0.1) is 0 Å². The van der Waals surface area contributed by atoms with Crippen LogP contribution in [0.15, 0.2) is 38.1 Å². The number of rotatable bonds is 1.